The lowest BCUT2D eigenvalue weighted by atomic mass is 10.0. The predicted molar refractivity (Wildman–Crippen MR) is 70.0 cm³/mol. The molecule has 3 N–H and O–H groups in total. The van der Waals surface area contributed by atoms with Crippen LogP contribution in [0.15, 0.2) is 17.0 Å². The van der Waals surface area contributed by atoms with E-state index in [9.17, 15) is 8.42 Å². The van der Waals surface area contributed by atoms with Crippen LogP contribution < -0.4 is 11.1 Å². The van der Waals surface area contributed by atoms with Crippen LogP contribution in [0.5, 0.6) is 0 Å². The Hall–Kier alpha value is -1.23. The quantitative estimate of drug-likeness (QED) is 0.789. The molecular formula is C12H18N2O2S. The molecule has 0 fully saturated rings. The van der Waals surface area contributed by atoms with Crippen molar-refractivity contribution >= 4 is 21.2 Å². The van der Waals surface area contributed by atoms with Crippen molar-refractivity contribution in [1.82, 2.24) is 0 Å². The van der Waals surface area contributed by atoms with Gasteiger partial charge in [0, 0.05) is 6.54 Å². The van der Waals surface area contributed by atoms with Crippen molar-refractivity contribution in [3.63, 3.8) is 0 Å². The molecule has 0 radical (unpaired) electrons. The zero-order valence-corrected chi connectivity index (χ0v) is 11.0. The molecule has 0 atom stereocenters. The molecule has 0 saturated carbocycles. The minimum atomic E-state index is -3.34. The van der Waals surface area contributed by atoms with Crippen LogP contribution in [0.1, 0.15) is 25.8 Å². The summed E-state index contributed by atoms with van der Waals surface area (Å²) in [5.74, 6) is 0. The second-order valence-electron chi connectivity index (χ2n) is 4.64. The summed E-state index contributed by atoms with van der Waals surface area (Å²) in [4.78, 5) is 0.282. The average Bonchev–Trinajstić information content (AvgIpc) is 2.28. The number of hydrogen-bond acceptors (Lipinski definition) is 4. The van der Waals surface area contributed by atoms with Crippen LogP contribution in [0.4, 0.5) is 11.4 Å². The van der Waals surface area contributed by atoms with Gasteiger partial charge in [-0.2, -0.15) is 0 Å². The first-order valence-corrected chi connectivity index (χ1v) is 7.38. The number of aryl methyl sites for hydroxylation is 1. The van der Waals surface area contributed by atoms with Gasteiger partial charge in [-0.3, -0.25) is 0 Å². The van der Waals surface area contributed by atoms with Gasteiger partial charge >= 0.3 is 0 Å². The van der Waals surface area contributed by atoms with Crippen LogP contribution in [0.3, 0.4) is 0 Å². The van der Waals surface area contributed by atoms with E-state index in [-0.39, 0.29) is 4.90 Å². The lowest BCUT2D eigenvalue weighted by Gasteiger charge is -2.23. The van der Waals surface area contributed by atoms with Gasteiger partial charge in [0.25, 0.3) is 0 Å². The van der Waals surface area contributed by atoms with Crippen LogP contribution in [0.25, 0.3) is 0 Å². The molecule has 1 aliphatic rings. The minimum absolute atomic E-state index is 0.282. The zero-order chi connectivity index (χ0) is 12.6. The Kier molecular flexibility index (Phi) is 3.03. The Labute approximate surface area is 102 Å². The molecule has 17 heavy (non-hydrogen) atoms. The lowest BCUT2D eigenvalue weighted by Crippen LogP contribution is -2.21. The monoisotopic (exact) mass is 254 g/mol. The molecule has 0 saturated heterocycles. The number of hydrogen-bond donors (Lipinski definition) is 2. The predicted octanol–water partition coefficient (Wildman–Crippen LogP) is 1.81. The summed E-state index contributed by atoms with van der Waals surface area (Å²) in [7, 11) is -3.34. The number of anilines is 2. The highest BCUT2D eigenvalue weighted by Gasteiger charge is 2.28. The van der Waals surface area contributed by atoms with Crippen molar-refractivity contribution in [2.24, 2.45) is 0 Å². The minimum Gasteiger partial charge on any atom is -0.398 e. The van der Waals surface area contributed by atoms with E-state index < -0.39 is 15.1 Å². The normalized spacial score (nSPS) is 15.5. The van der Waals surface area contributed by atoms with Crippen molar-refractivity contribution < 1.29 is 8.42 Å². The molecule has 1 aromatic rings. The number of benzene rings is 1. The highest BCUT2D eigenvalue weighted by atomic mass is 32.2. The topological polar surface area (TPSA) is 72.2 Å². The summed E-state index contributed by atoms with van der Waals surface area (Å²) < 4.78 is 24.6. The first-order valence-electron chi connectivity index (χ1n) is 5.83. The average molecular weight is 254 g/mol. The molecule has 0 aromatic heterocycles. The lowest BCUT2D eigenvalue weighted by molar-refractivity contribution is 0.587. The summed E-state index contributed by atoms with van der Waals surface area (Å²) in [6, 6.07) is 3.61. The highest BCUT2D eigenvalue weighted by molar-refractivity contribution is 7.92. The van der Waals surface area contributed by atoms with Gasteiger partial charge in [0.1, 0.15) is 4.90 Å². The molecule has 4 nitrogen and oxygen atoms in total. The molecule has 0 bridgehead atoms. The summed E-state index contributed by atoms with van der Waals surface area (Å²) in [5.41, 5.74) is 7.95. The van der Waals surface area contributed by atoms with Crippen LogP contribution in [-0.2, 0) is 16.3 Å². The number of sulfone groups is 1. The zero-order valence-electron chi connectivity index (χ0n) is 10.2. The third-order valence-corrected chi connectivity index (χ3v) is 5.35. The van der Waals surface area contributed by atoms with Crippen molar-refractivity contribution in [2.45, 2.75) is 36.8 Å². The number of fused-ring (bicyclic) bond motifs is 1. The molecule has 0 spiro atoms. The summed E-state index contributed by atoms with van der Waals surface area (Å²) in [6.07, 6.45) is 1.93. The third-order valence-electron chi connectivity index (χ3n) is 3.10. The maximum atomic E-state index is 12.3. The van der Waals surface area contributed by atoms with Gasteiger partial charge in [0.2, 0.25) is 0 Å². The molecule has 1 heterocycles. The van der Waals surface area contributed by atoms with Gasteiger partial charge in [0.15, 0.2) is 9.84 Å². The number of nitrogens with two attached hydrogens (primary N) is 1. The van der Waals surface area contributed by atoms with E-state index in [0.717, 1.165) is 24.9 Å². The summed E-state index contributed by atoms with van der Waals surface area (Å²) in [5, 5.41) is 2.72. The van der Waals surface area contributed by atoms with E-state index in [2.05, 4.69) is 5.32 Å². The fraction of sp³-hybridized carbons (Fsp3) is 0.500. The molecule has 0 unspecified atom stereocenters. The van der Waals surface area contributed by atoms with Crippen molar-refractivity contribution in [3.05, 3.63) is 17.7 Å². The van der Waals surface area contributed by atoms with Gasteiger partial charge in [-0.1, -0.05) is 6.07 Å². The highest BCUT2D eigenvalue weighted by Crippen LogP contribution is 2.35. The molecule has 1 aliphatic heterocycles. The van der Waals surface area contributed by atoms with Gasteiger partial charge in [-0.15, -0.1) is 0 Å². The van der Waals surface area contributed by atoms with E-state index in [1.807, 2.05) is 6.07 Å². The summed E-state index contributed by atoms with van der Waals surface area (Å²) >= 11 is 0. The third kappa shape index (κ3) is 1.99. The van der Waals surface area contributed by atoms with Crippen molar-refractivity contribution in [1.29, 1.82) is 0 Å². The smallest absolute Gasteiger partial charge is 0.184 e. The van der Waals surface area contributed by atoms with Gasteiger partial charge in [-0.05, 0) is 38.3 Å². The molecule has 5 heteroatoms. The Bertz CT molecular complexity index is 536. The van der Waals surface area contributed by atoms with E-state index in [0.29, 0.717) is 11.4 Å². The van der Waals surface area contributed by atoms with Crippen LogP contribution in [-0.4, -0.2) is 20.2 Å². The van der Waals surface area contributed by atoms with Crippen LogP contribution >= 0.6 is 0 Å². The summed E-state index contributed by atoms with van der Waals surface area (Å²) in [6.45, 7) is 4.16. The molecule has 1 aromatic carbocycles. The van der Waals surface area contributed by atoms with E-state index in [1.54, 1.807) is 19.9 Å². The Morgan fingerprint density at radius 2 is 2.06 bits per heavy atom. The maximum Gasteiger partial charge on any atom is 0.184 e. The molecule has 0 aliphatic carbocycles. The van der Waals surface area contributed by atoms with Gasteiger partial charge in [-0.25, -0.2) is 8.42 Å². The molecule has 0 amide bonds. The molecule has 2 rings (SSSR count). The van der Waals surface area contributed by atoms with Gasteiger partial charge < -0.3 is 11.1 Å². The first kappa shape index (κ1) is 12.2. The fourth-order valence-electron chi connectivity index (χ4n) is 2.08. The Morgan fingerprint density at radius 1 is 1.35 bits per heavy atom. The number of nitrogens with one attached hydrogen (secondary N) is 1. The van der Waals surface area contributed by atoms with Crippen LogP contribution in [0, 0.1) is 0 Å². The van der Waals surface area contributed by atoms with E-state index in [4.69, 9.17) is 5.73 Å². The van der Waals surface area contributed by atoms with E-state index >= 15 is 0 Å². The van der Waals surface area contributed by atoms with E-state index in [1.165, 1.54) is 0 Å². The SMILES string of the molecule is CC(C)S(=O)(=O)c1c(N)ccc2c1NCCC2. The molecular weight excluding hydrogens is 236 g/mol. The number of rotatable bonds is 2. The fourth-order valence-corrected chi connectivity index (χ4v) is 3.43. The largest absolute Gasteiger partial charge is 0.398 e. The second-order valence-corrected chi connectivity index (χ2v) is 7.08. The number of nitrogen functional groups attached to an aromatic ring is 1. The Morgan fingerprint density at radius 3 is 2.71 bits per heavy atom. The second kappa shape index (κ2) is 4.22. The van der Waals surface area contributed by atoms with Crippen molar-refractivity contribution in [3.8, 4) is 0 Å². The molecule has 94 valence electrons. The van der Waals surface area contributed by atoms with Crippen LogP contribution in [0.2, 0.25) is 0 Å². The Balaban J connectivity index is 2.68. The van der Waals surface area contributed by atoms with Crippen molar-refractivity contribution in [2.75, 3.05) is 17.6 Å². The maximum absolute atomic E-state index is 12.3. The first-order chi connectivity index (χ1) is 7.94. The standard InChI is InChI=1S/C12H18N2O2S/c1-8(2)17(15,16)12-10(13)6-5-9-4-3-7-14-11(9)12/h5-6,8,14H,3-4,7,13H2,1-2H3. The van der Waals surface area contributed by atoms with Gasteiger partial charge in [0.05, 0.1) is 16.6 Å².